The molecule has 1 aromatic rings. The zero-order valence-electron chi connectivity index (χ0n) is 11.7. The third-order valence-electron chi connectivity index (χ3n) is 3.64. The first-order valence-corrected chi connectivity index (χ1v) is 6.73. The van der Waals surface area contributed by atoms with Crippen molar-refractivity contribution >= 4 is 5.82 Å². The van der Waals surface area contributed by atoms with E-state index in [9.17, 15) is 5.11 Å². The summed E-state index contributed by atoms with van der Waals surface area (Å²) in [6, 6.07) is 3.92. The fourth-order valence-electron chi connectivity index (χ4n) is 2.32. The Morgan fingerprint density at radius 1 is 1.47 bits per heavy atom. The SMILES string of the molecule is CC(N)c1ccc(N(C)CC2(O)CCOCC2)nc1. The van der Waals surface area contributed by atoms with E-state index in [0.717, 1.165) is 11.4 Å². The third kappa shape index (κ3) is 3.65. The van der Waals surface area contributed by atoms with Gasteiger partial charge in [0.1, 0.15) is 5.82 Å². The van der Waals surface area contributed by atoms with Crippen molar-refractivity contribution in [1.29, 1.82) is 0 Å². The zero-order valence-corrected chi connectivity index (χ0v) is 11.7. The fourth-order valence-corrected chi connectivity index (χ4v) is 2.32. The molecule has 19 heavy (non-hydrogen) atoms. The molecule has 1 unspecified atom stereocenters. The van der Waals surface area contributed by atoms with Gasteiger partial charge in [-0.15, -0.1) is 0 Å². The molecule has 3 N–H and O–H groups in total. The monoisotopic (exact) mass is 265 g/mol. The zero-order chi connectivity index (χ0) is 13.9. The Labute approximate surface area is 114 Å². The second kappa shape index (κ2) is 5.86. The van der Waals surface area contributed by atoms with Crippen LogP contribution in [0.1, 0.15) is 31.4 Å². The smallest absolute Gasteiger partial charge is 0.128 e. The van der Waals surface area contributed by atoms with E-state index in [1.807, 2.05) is 31.0 Å². The minimum Gasteiger partial charge on any atom is -0.388 e. The second-order valence-corrected chi connectivity index (χ2v) is 5.43. The lowest BCUT2D eigenvalue weighted by Crippen LogP contribution is -2.46. The Kier molecular flexibility index (Phi) is 4.39. The van der Waals surface area contributed by atoms with E-state index in [0.29, 0.717) is 32.6 Å². The quantitative estimate of drug-likeness (QED) is 0.852. The fraction of sp³-hybridized carbons (Fsp3) is 0.643. The van der Waals surface area contributed by atoms with E-state index in [-0.39, 0.29) is 6.04 Å². The molecule has 0 aliphatic carbocycles. The maximum atomic E-state index is 10.5. The van der Waals surface area contributed by atoms with Crippen molar-refractivity contribution in [3.05, 3.63) is 23.9 Å². The Hall–Kier alpha value is -1.17. The number of hydrogen-bond acceptors (Lipinski definition) is 5. The van der Waals surface area contributed by atoms with Crippen LogP contribution in [0.5, 0.6) is 0 Å². The van der Waals surface area contributed by atoms with Crippen LogP contribution >= 0.6 is 0 Å². The van der Waals surface area contributed by atoms with Gasteiger partial charge in [0.25, 0.3) is 0 Å². The van der Waals surface area contributed by atoms with E-state index >= 15 is 0 Å². The number of hydrogen-bond donors (Lipinski definition) is 2. The summed E-state index contributed by atoms with van der Waals surface area (Å²) in [7, 11) is 1.95. The first kappa shape index (κ1) is 14.2. The molecule has 0 spiro atoms. The molecule has 1 atom stereocenters. The van der Waals surface area contributed by atoms with Gasteiger partial charge in [-0.1, -0.05) is 6.07 Å². The van der Waals surface area contributed by atoms with Crippen molar-refractivity contribution in [1.82, 2.24) is 4.98 Å². The first-order valence-electron chi connectivity index (χ1n) is 6.73. The van der Waals surface area contributed by atoms with Gasteiger partial charge in [0, 0.05) is 51.9 Å². The van der Waals surface area contributed by atoms with Crippen LogP contribution in [0.25, 0.3) is 0 Å². The van der Waals surface area contributed by atoms with Gasteiger partial charge in [-0.25, -0.2) is 4.98 Å². The average molecular weight is 265 g/mol. The molecule has 0 aromatic carbocycles. The van der Waals surface area contributed by atoms with Crippen molar-refractivity contribution in [2.24, 2.45) is 5.73 Å². The number of pyridine rings is 1. The van der Waals surface area contributed by atoms with Crippen LogP contribution in [-0.4, -0.2) is 42.5 Å². The summed E-state index contributed by atoms with van der Waals surface area (Å²) in [5.74, 6) is 0.851. The molecule has 0 amide bonds. The molecule has 1 fully saturated rings. The summed E-state index contributed by atoms with van der Waals surface area (Å²) in [6.45, 7) is 3.76. The van der Waals surface area contributed by atoms with Crippen molar-refractivity contribution in [2.45, 2.75) is 31.4 Å². The molecule has 5 heteroatoms. The van der Waals surface area contributed by atoms with Crippen LogP contribution in [0.2, 0.25) is 0 Å². The van der Waals surface area contributed by atoms with E-state index in [2.05, 4.69) is 4.98 Å². The summed E-state index contributed by atoms with van der Waals surface area (Å²) in [4.78, 5) is 6.38. The normalized spacial score (nSPS) is 20.0. The molecule has 0 saturated carbocycles. The summed E-state index contributed by atoms with van der Waals surface area (Å²) in [5.41, 5.74) is 6.15. The first-order chi connectivity index (χ1) is 9.00. The highest BCUT2D eigenvalue weighted by Gasteiger charge is 2.31. The minimum absolute atomic E-state index is 0.00784. The van der Waals surface area contributed by atoms with Crippen LogP contribution in [0, 0.1) is 0 Å². The number of nitrogens with zero attached hydrogens (tertiary/aromatic N) is 2. The third-order valence-corrected chi connectivity index (χ3v) is 3.64. The van der Waals surface area contributed by atoms with Crippen LogP contribution < -0.4 is 10.6 Å². The number of likely N-dealkylation sites (N-methyl/N-ethyl adjacent to an activating group) is 1. The van der Waals surface area contributed by atoms with Gasteiger partial charge in [-0.05, 0) is 18.6 Å². The van der Waals surface area contributed by atoms with Crippen molar-refractivity contribution in [2.75, 3.05) is 31.7 Å². The van der Waals surface area contributed by atoms with Crippen LogP contribution in [0.15, 0.2) is 18.3 Å². The molecule has 5 nitrogen and oxygen atoms in total. The number of ether oxygens (including phenoxy) is 1. The molecule has 0 bridgehead atoms. The van der Waals surface area contributed by atoms with Gasteiger partial charge in [0.15, 0.2) is 0 Å². The molecule has 1 aromatic heterocycles. The Morgan fingerprint density at radius 2 is 2.16 bits per heavy atom. The molecule has 0 radical (unpaired) electrons. The number of rotatable bonds is 4. The van der Waals surface area contributed by atoms with Crippen LogP contribution in [0.4, 0.5) is 5.82 Å². The van der Waals surface area contributed by atoms with E-state index < -0.39 is 5.60 Å². The molecule has 2 rings (SSSR count). The van der Waals surface area contributed by atoms with Gasteiger partial charge >= 0.3 is 0 Å². The topological polar surface area (TPSA) is 71.6 Å². The van der Waals surface area contributed by atoms with Gasteiger partial charge in [-0.2, -0.15) is 0 Å². The van der Waals surface area contributed by atoms with Gasteiger partial charge < -0.3 is 20.5 Å². The average Bonchev–Trinajstić information content (AvgIpc) is 2.39. The number of nitrogens with two attached hydrogens (primary N) is 1. The van der Waals surface area contributed by atoms with Crippen molar-refractivity contribution < 1.29 is 9.84 Å². The minimum atomic E-state index is -0.672. The predicted octanol–water partition coefficient (Wildman–Crippen LogP) is 1.08. The van der Waals surface area contributed by atoms with Crippen LogP contribution in [0.3, 0.4) is 0 Å². The Morgan fingerprint density at radius 3 is 2.68 bits per heavy atom. The van der Waals surface area contributed by atoms with Gasteiger partial charge in [-0.3, -0.25) is 0 Å². The molecular weight excluding hydrogens is 242 g/mol. The maximum Gasteiger partial charge on any atom is 0.128 e. The summed E-state index contributed by atoms with van der Waals surface area (Å²) in [5, 5.41) is 10.5. The van der Waals surface area contributed by atoms with E-state index in [4.69, 9.17) is 10.5 Å². The highest BCUT2D eigenvalue weighted by molar-refractivity contribution is 5.39. The standard InChI is InChI=1S/C14H23N3O2/c1-11(15)12-3-4-13(16-9-12)17(2)10-14(18)5-7-19-8-6-14/h3-4,9,11,18H,5-8,10,15H2,1-2H3. The van der Waals surface area contributed by atoms with Crippen LogP contribution in [-0.2, 0) is 4.74 Å². The summed E-state index contributed by atoms with van der Waals surface area (Å²) >= 11 is 0. The molecule has 1 aliphatic heterocycles. The molecule has 106 valence electrons. The highest BCUT2D eigenvalue weighted by Crippen LogP contribution is 2.23. The van der Waals surface area contributed by atoms with E-state index in [1.54, 1.807) is 6.20 Å². The van der Waals surface area contributed by atoms with Gasteiger partial charge in [0.2, 0.25) is 0 Å². The van der Waals surface area contributed by atoms with Crippen molar-refractivity contribution in [3.8, 4) is 0 Å². The predicted molar refractivity (Wildman–Crippen MR) is 75.1 cm³/mol. The largest absolute Gasteiger partial charge is 0.388 e. The lowest BCUT2D eigenvalue weighted by Gasteiger charge is -2.35. The molecular formula is C14H23N3O2. The number of aromatic nitrogens is 1. The number of aliphatic hydroxyl groups is 1. The van der Waals surface area contributed by atoms with Gasteiger partial charge in [0.05, 0.1) is 5.60 Å². The number of anilines is 1. The van der Waals surface area contributed by atoms with E-state index in [1.165, 1.54) is 0 Å². The molecule has 2 heterocycles. The Bertz CT molecular complexity index is 400. The lowest BCUT2D eigenvalue weighted by molar-refractivity contribution is -0.0573. The Balaban J connectivity index is 2.00. The maximum absolute atomic E-state index is 10.5. The summed E-state index contributed by atoms with van der Waals surface area (Å²) < 4.78 is 5.29. The molecule has 1 saturated heterocycles. The second-order valence-electron chi connectivity index (χ2n) is 5.43. The lowest BCUT2D eigenvalue weighted by atomic mass is 9.94. The highest BCUT2D eigenvalue weighted by atomic mass is 16.5. The summed E-state index contributed by atoms with van der Waals surface area (Å²) in [6.07, 6.45) is 3.15. The van der Waals surface area contributed by atoms with Crippen molar-refractivity contribution in [3.63, 3.8) is 0 Å². The molecule has 1 aliphatic rings.